The SMILES string of the molecule is CC(C)c1ccc(/C=N\NC(=O)c2cc(C(C)C)[nH]n2)cc1. The summed E-state index contributed by atoms with van der Waals surface area (Å²) in [5.41, 5.74) is 5.97. The second-order valence-corrected chi connectivity index (χ2v) is 5.88. The van der Waals surface area contributed by atoms with E-state index in [-0.39, 0.29) is 5.91 Å². The van der Waals surface area contributed by atoms with Gasteiger partial charge in [-0.2, -0.15) is 10.2 Å². The van der Waals surface area contributed by atoms with Crippen LogP contribution in [0.5, 0.6) is 0 Å². The van der Waals surface area contributed by atoms with Gasteiger partial charge in [-0.1, -0.05) is 52.0 Å². The molecule has 5 heteroatoms. The molecule has 0 unspecified atom stereocenters. The van der Waals surface area contributed by atoms with Crippen LogP contribution in [0.4, 0.5) is 0 Å². The lowest BCUT2D eigenvalue weighted by Crippen LogP contribution is -2.18. The molecular formula is C17H22N4O. The molecule has 1 amide bonds. The molecular weight excluding hydrogens is 276 g/mol. The number of nitrogens with one attached hydrogen (secondary N) is 2. The highest BCUT2D eigenvalue weighted by molar-refractivity contribution is 5.93. The Labute approximate surface area is 130 Å². The average Bonchev–Trinajstić information content (AvgIpc) is 2.98. The number of rotatable bonds is 5. The standard InChI is InChI=1S/C17H22N4O/c1-11(2)14-7-5-13(6-8-14)10-18-21-17(22)16-9-15(12(3)4)19-20-16/h5-12H,1-4H3,(H,19,20)(H,21,22)/b18-10-. The Morgan fingerprint density at radius 2 is 1.86 bits per heavy atom. The highest BCUT2D eigenvalue weighted by atomic mass is 16.2. The summed E-state index contributed by atoms with van der Waals surface area (Å²) in [5.74, 6) is 0.482. The van der Waals surface area contributed by atoms with E-state index in [1.54, 1.807) is 12.3 Å². The van der Waals surface area contributed by atoms with Crippen LogP contribution >= 0.6 is 0 Å². The molecule has 0 spiro atoms. The van der Waals surface area contributed by atoms with Crippen LogP contribution in [0.2, 0.25) is 0 Å². The second kappa shape index (κ2) is 7.02. The summed E-state index contributed by atoms with van der Waals surface area (Å²) in [4.78, 5) is 11.9. The third-order valence-corrected chi connectivity index (χ3v) is 3.44. The molecule has 0 bridgehead atoms. The molecule has 0 aliphatic heterocycles. The van der Waals surface area contributed by atoms with Crippen LogP contribution in [-0.2, 0) is 0 Å². The normalized spacial score (nSPS) is 11.5. The molecule has 5 nitrogen and oxygen atoms in total. The van der Waals surface area contributed by atoms with Gasteiger partial charge in [-0.25, -0.2) is 5.43 Å². The van der Waals surface area contributed by atoms with Gasteiger partial charge in [-0.05, 0) is 29.0 Å². The van der Waals surface area contributed by atoms with E-state index in [0.717, 1.165) is 11.3 Å². The average molecular weight is 298 g/mol. The topological polar surface area (TPSA) is 70.1 Å². The monoisotopic (exact) mass is 298 g/mol. The van der Waals surface area contributed by atoms with E-state index in [4.69, 9.17) is 0 Å². The maximum Gasteiger partial charge on any atom is 0.291 e. The van der Waals surface area contributed by atoms with Crippen LogP contribution in [-0.4, -0.2) is 22.3 Å². The van der Waals surface area contributed by atoms with E-state index in [9.17, 15) is 4.79 Å². The second-order valence-electron chi connectivity index (χ2n) is 5.88. The van der Waals surface area contributed by atoms with Crippen molar-refractivity contribution in [2.24, 2.45) is 5.10 Å². The zero-order chi connectivity index (χ0) is 16.1. The van der Waals surface area contributed by atoms with Crippen molar-refractivity contribution in [3.05, 3.63) is 52.8 Å². The lowest BCUT2D eigenvalue weighted by molar-refractivity contribution is 0.0950. The molecule has 2 N–H and O–H groups in total. The number of aromatic amines is 1. The minimum atomic E-state index is -0.321. The Bertz CT molecular complexity index is 654. The lowest BCUT2D eigenvalue weighted by atomic mass is 10.0. The van der Waals surface area contributed by atoms with Gasteiger partial charge in [0.1, 0.15) is 0 Å². The molecule has 22 heavy (non-hydrogen) atoms. The number of benzene rings is 1. The quantitative estimate of drug-likeness (QED) is 0.656. The van der Waals surface area contributed by atoms with Crippen molar-refractivity contribution in [1.82, 2.24) is 15.6 Å². The fourth-order valence-electron chi connectivity index (χ4n) is 1.94. The molecule has 1 aromatic heterocycles. The number of carbonyl (C=O) groups is 1. The van der Waals surface area contributed by atoms with Crippen molar-refractivity contribution in [3.8, 4) is 0 Å². The number of carbonyl (C=O) groups excluding carboxylic acids is 1. The molecule has 0 aliphatic carbocycles. The van der Waals surface area contributed by atoms with Gasteiger partial charge < -0.3 is 0 Å². The highest BCUT2D eigenvalue weighted by Crippen LogP contribution is 2.14. The Hall–Kier alpha value is -2.43. The molecule has 2 aromatic rings. The third-order valence-electron chi connectivity index (χ3n) is 3.44. The van der Waals surface area contributed by atoms with Gasteiger partial charge in [0.25, 0.3) is 5.91 Å². The Morgan fingerprint density at radius 3 is 2.41 bits per heavy atom. The van der Waals surface area contributed by atoms with Crippen molar-refractivity contribution < 1.29 is 4.79 Å². The van der Waals surface area contributed by atoms with E-state index in [0.29, 0.717) is 17.5 Å². The minimum absolute atomic E-state index is 0.303. The molecule has 0 fully saturated rings. The van der Waals surface area contributed by atoms with Crippen LogP contribution in [0.3, 0.4) is 0 Å². The first-order valence-electron chi connectivity index (χ1n) is 7.46. The van der Waals surface area contributed by atoms with Crippen molar-refractivity contribution in [3.63, 3.8) is 0 Å². The number of hydrogen-bond acceptors (Lipinski definition) is 3. The Morgan fingerprint density at radius 1 is 1.18 bits per heavy atom. The zero-order valence-corrected chi connectivity index (χ0v) is 13.4. The summed E-state index contributed by atoms with van der Waals surface area (Å²) in [6, 6.07) is 9.84. The maximum atomic E-state index is 11.9. The summed E-state index contributed by atoms with van der Waals surface area (Å²) in [6.45, 7) is 8.37. The molecule has 0 radical (unpaired) electrons. The fraction of sp³-hybridized carbons (Fsp3) is 0.353. The van der Waals surface area contributed by atoms with Crippen molar-refractivity contribution in [2.45, 2.75) is 39.5 Å². The molecule has 1 aromatic carbocycles. The first kappa shape index (κ1) is 15.9. The molecule has 0 saturated carbocycles. The van der Waals surface area contributed by atoms with Crippen LogP contribution in [0.25, 0.3) is 0 Å². The summed E-state index contributed by atoms with van der Waals surface area (Å²) >= 11 is 0. The zero-order valence-electron chi connectivity index (χ0n) is 13.4. The predicted molar refractivity (Wildman–Crippen MR) is 88.3 cm³/mol. The van der Waals surface area contributed by atoms with Gasteiger partial charge in [0.15, 0.2) is 5.69 Å². The smallest absolute Gasteiger partial charge is 0.282 e. The molecule has 116 valence electrons. The Balaban J connectivity index is 1.94. The van der Waals surface area contributed by atoms with E-state index in [1.807, 2.05) is 26.0 Å². The largest absolute Gasteiger partial charge is 0.291 e. The van der Waals surface area contributed by atoms with Gasteiger partial charge in [0.05, 0.1) is 6.21 Å². The first-order chi connectivity index (χ1) is 10.5. The first-order valence-corrected chi connectivity index (χ1v) is 7.46. The predicted octanol–water partition coefficient (Wildman–Crippen LogP) is 3.42. The number of hydrazone groups is 1. The number of amides is 1. The number of H-pyrrole nitrogens is 1. The minimum Gasteiger partial charge on any atom is -0.282 e. The molecule has 1 heterocycles. The van der Waals surface area contributed by atoms with Crippen LogP contribution in [0.15, 0.2) is 35.4 Å². The van der Waals surface area contributed by atoms with E-state index in [1.165, 1.54) is 5.56 Å². The maximum absolute atomic E-state index is 11.9. The van der Waals surface area contributed by atoms with Gasteiger partial charge in [-0.15, -0.1) is 0 Å². The van der Waals surface area contributed by atoms with Crippen molar-refractivity contribution >= 4 is 12.1 Å². The van der Waals surface area contributed by atoms with Gasteiger partial charge in [0, 0.05) is 5.69 Å². The number of hydrogen-bond donors (Lipinski definition) is 2. The summed E-state index contributed by atoms with van der Waals surface area (Å²) < 4.78 is 0. The van der Waals surface area contributed by atoms with Gasteiger partial charge >= 0.3 is 0 Å². The molecule has 0 atom stereocenters. The summed E-state index contributed by atoms with van der Waals surface area (Å²) in [5, 5.41) is 10.8. The molecule has 0 saturated heterocycles. The van der Waals surface area contributed by atoms with Crippen LogP contribution < -0.4 is 5.43 Å². The highest BCUT2D eigenvalue weighted by Gasteiger charge is 2.11. The van der Waals surface area contributed by atoms with Crippen LogP contribution in [0.1, 0.15) is 66.8 Å². The number of nitrogens with zero attached hydrogens (tertiary/aromatic N) is 2. The summed E-state index contributed by atoms with van der Waals surface area (Å²) in [6.07, 6.45) is 1.62. The van der Waals surface area contributed by atoms with Gasteiger partial charge in [-0.3, -0.25) is 9.89 Å². The third kappa shape index (κ3) is 4.04. The molecule has 0 aliphatic rings. The molecule has 2 rings (SSSR count). The van der Waals surface area contributed by atoms with Crippen molar-refractivity contribution in [1.29, 1.82) is 0 Å². The lowest BCUT2D eigenvalue weighted by Gasteiger charge is -2.04. The summed E-state index contributed by atoms with van der Waals surface area (Å²) in [7, 11) is 0. The van der Waals surface area contributed by atoms with Crippen LogP contribution in [0, 0.1) is 0 Å². The fourth-order valence-corrected chi connectivity index (χ4v) is 1.94. The van der Waals surface area contributed by atoms with E-state index >= 15 is 0 Å². The van der Waals surface area contributed by atoms with E-state index < -0.39 is 0 Å². The van der Waals surface area contributed by atoms with E-state index in [2.05, 4.69) is 46.7 Å². The number of aromatic nitrogens is 2. The Kier molecular flexibility index (Phi) is 5.09. The van der Waals surface area contributed by atoms with Gasteiger partial charge in [0.2, 0.25) is 0 Å². The van der Waals surface area contributed by atoms with Crippen molar-refractivity contribution in [2.75, 3.05) is 0 Å².